The Labute approximate surface area is 266 Å². The smallest absolute Gasteiger partial charge is 0.306 e. The van der Waals surface area contributed by atoms with Gasteiger partial charge in [-0.25, -0.2) is 0 Å². The van der Waals surface area contributed by atoms with Crippen molar-refractivity contribution in [2.24, 2.45) is 0 Å². The molecule has 0 amide bonds. The highest BCUT2D eigenvalue weighted by atomic mass is 16.6. The molecule has 0 rings (SSSR count). The van der Waals surface area contributed by atoms with E-state index in [-0.39, 0.29) is 25.2 Å². The Balaban J connectivity index is 3.58. The van der Waals surface area contributed by atoms with Crippen LogP contribution in [-0.2, 0) is 19.1 Å². The third kappa shape index (κ3) is 33.1. The molecular weight excluding hydrogens is 536 g/mol. The van der Waals surface area contributed by atoms with E-state index in [9.17, 15) is 14.7 Å². The van der Waals surface area contributed by atoms with E-state index < -0.39 is 6.10 Å². The number of rotatable bonds is 33. The third-order valence-corrected chi connectivity index (χ3v) is 7.97. The van der Waals surface area contributed by atoms with Gasteiger partial charge in [0.05, 0.1) is 6.61 Å². The molecule has 1 atom stereocenters. The minimum absolute atomic E-state index is 0.0710. The van der Waals surface area contributed by atoms with Crippen molar-refractivity contribution in [3.05, 3.63) is 24.3 Å². The Hall–Kier alpha value is -1.62. The first kappa shape index (κ1) is 41.4. The second kappa shape index (κ2) is 34.9. The normalized spacial score (nSPS) is 12.3. The monoisotopic (exact) mass is 607 g/mol. The molecule has 5 nitrogen and oxygen atoms in total. The maximum Gasteiger partial charge on any atom is 0.306 e. The van der Waals surface area contributed by atoms with Crippen molar-refractivity contribution in [1.82, 2.24) is 0 Å². The molecule has 1 N–H and O–H groups in total. The Morgan fingerprint density at radius 1 is 0.512 bits per heavy atom. The first-order valence-corrected chi connectivity index (χ1v) is 18.4. The van der Waals surface area contributed by atoms with Crippen molar-refractivity contribution >= 4 is 11.9 Å². The molecule has 0 radical (unpaired) electrons. The van der Waals surface area contributed by atoms with E-state index in [1.807, 2.05) is 0 Å². The van der Waals surface area contributed by atoms with Gasteiger partial charge < -0.3 is 14.6 Å². The highest BCUT2D eigenvalue weighted by Gasteiger charge is 2.16. The summed E-state index contributed by atoms with van der Waals surface area (Å²) in [6.07, 6.45) is 39.4. The highest BCUT2D eigenvalue weighted by Crippen LogP contribution is 2.12. The molecule has 0 aliphatic heterocycles. The number of hydrogen-bond acceptors (Lipinski definition) is 5. The second-order valence-corrected chi connectivity index (χ2v) is 12.3. The summed E-state index contributed by atoms with van der Waals surface area (Å²) >= 11 is 0. The van der Waals surface area contributed by atoms with Gasteiger partial charge in [0.1, 0.15) is 6.61 Å². The number of unbranched alkanes of at least 4 members (excludes halogenated alkanes) is 21. The number of hydrogen-bond donors (Lipinski definition) is 1. The van der Waals surface area contributed by atoms with E-state index in [0.717, 1.165) is 51.4 Å². The van der Waals surface area contributed by atoms with Crippen LogP contribution in [-0.4, -0.2) is 36.4 Å². The third-order valence-electron chi connectivity index (χ3n) is 7.97. The fourth-order valence-corrected chi connectivity index (χ4v) is 5.13. The number of esters is 2. The van der Waals surface area contributed by atoms with Crippen molar-refractivity contribution in [2.45, 2.75) is 193 Å². The number of allylic oxidation sites excluding steroid dienone is 4. The van der Waals surface area contributed by atoms with E-state index in [0.29, 0.717) is 12.8 Å². The van der Waals surface area contributed by atoms with Crippen LogP contribution in [0, 0.1) is 0 Å². The number of carbonyl (C=O) groups is 2. The number of carbonyl (C=O) groups excluding carboxylic acids is 2. The maximum atomic E-state index is 12.1. The Bertz CT molecular complexity index is 657. The molecule has 0 saturated carbocycles. The number of ether oxygens (including phenoxy) is 2. The van der Waals surface area contributed by atoms with E-state index >= 15 is 0 Å². The van der Waals surface area contributed by atoms with Gasteiger partial charge in [0.2, 0.25) is 0 Å². The zero-order chi connectivity index (χ0) is 31.5. The predicted octanol–water partition coefficient (Wildman–Crippen LogP) is 11.1. The Morgan fingerprint density at radius 3 is 1.26 bits per heavy atom. The summed E-state index contributed by atoms with van der Waals surface area (Å²) in [5.74, 6) is -0.608. The lowest BCUT2D eigenvalue weighted by molar-refractivity contribution is -0.161. The summed E-state index contributed by atoms with van der Waals surface area (Å²) in [5.41, 5.74) is 0. The number of aliphatic hydroxyl groups is 1. The van der Waals surface area contributed by atoms with Crippen LogP contribution < -0.4 is 0 Å². The highest BCUT2D eigenvalue weighted by molar-refractivity contribution is 5.70. The minimum atomic E-state index is -0.774. The van der Waals surface area contributed by atoms with E-state index in [1.165, 1.54) is 109 Å². The molecule has 252 valence electrons. The van der Waals surface area contributed by atoms with Crippen molar-refractivity contribution in [2.75, 3.05) is 13.2 Å². The van der Waals surface area contributed by atoms with Crippen LogP contribution in [0.25, 0.3) is 0 Å². The van der Waals surface area contributed by atoms with Crippen LogP contribution in [0.5, 0.6) is 0 Å². The molecule has 0 aliphatic rings. The number of aliphatic hydroxyl groups excluding tert-OH is 1. The molecule has 5 heteroatoms. The fraction of sp³-hybridized carbons (Fsp3) is 0.842. The van der Waals surface area contributed by atoms with Crippen molar-refractivity contribution < 1.29 is 24.2 Å². The summed E-state index contributed by atoms with van der Waals surface area (Å²) in [6.45, 7) is 4.10. The van der Waals surface area contributed by atoms with Crippen LogP contribution in [0.1, 0.15) is 187 Å². The molecule has 0 spiro atoms. The molecule has 0 unspecified atom stereocenters. The standard InChI is InChI=1S/C38H70O5/c1-3-5-7-9-11-13-15-17-19-21-23-25-27-29-31-33-38(41)43-36(34-39)35-42-37(40)32-30-28-26-24-22-20-18-16-14-12-10-8-6-4-2/h16-19,36,39H,3-15,20-35H2,1-2H3/b18-16+,19-17+/t36-/m0/s1. The lowest BCUT2D eigenvalue weighted by atomic mass is 10.1. The molecule has 43 heavy (non-hydrogen) atoms. The van der Waals surface area contributed by atoms with Gasteiger partial charge in [-0.05, 0) is 64.2 Å². The topological polar surface area (TPSA) is 72.8 Å². The molecule has 0 fully saturated rings. The molecule has 0 aliphatic carbocycles. The molecular formula is C38H70O5. The second-order valence-electron chi connectivity index (χ2n) is 12.3. The van der Waals surface area contributed by atoms with Gasteiger partial charge >= 0.3 is 11.9 Å². The SMILES string of the molecule is CCCCCCC/C=C/CCCCCCCC(=O)OC[C@H](CO)OC(=O)CCCCCCC/C=C/CCCCCCCC. The van der Waals surface area contributed by atoms with Gasteiger partial charge in [-0.1, -0.05) is 134 Å². The summed E-state index contributed by atoms with van der Waals surface area (Å²) in [6, 6.07) is 0. The Kier molecular flexibility index (Phi) is 33.6. The largest absolute Gasteiger partial charge is 0.462 e. The van der Waals surface area contributed by atoms with Crippen LogP contribution in [0.2, 0.25) is 0 Å². The zero-order valence-electron chi connectivity index (χ0n) is 28.5. The molecule has 0 aromatic heterocycles. The Morgan fingerprint density at radius 2 is 0.860 bits per heavy atom. The van der Waals surface area contributed by atoms with Gasteiger partial charge in [-0.15, -0.1) is 0 Å². The first-order valence-electron chi connectivity index (χ1n) is 18.4. The van der Waals surface area contributed by atoms with Gasteiger partial charge in [-0.3, -0.25) is 9.59 Å². The molecule has 0 bridgehead atoms. The van der Waals surface area contributed by atoms with E-state index in [2.05, 4.69) is 38.2 Å². The maximum absolute atomic E-state index is 12.1. The summed E-state index contributed by atoms with van der Waals surface area (Å²) < 4.78 is 10.6. The van der Waals surface area contributed by atoms with Crippen LogP contribution in [0.3, 0.4) is 0 Å². The van der Waals surface area contributed by atoms with Gasteiger partial charge in [0.15, 0.2) is 6.10 Å². The first-order chi connectivity index (χ1) is 21.1. The van der Waals surface area contributed by atoms with Gasteiger partial charge in [0.25, 0.3) is 0 Å². The van der Waals surface area contributed by atoms with Crippen molar-refractivity contribution in [3.8, 4) is 0 Å². The van der Waals surface area contributed by atoms with Crippen LogP contribution in [0.4, 0.5) is 0 Å². The predicted molar refractivity (Wildman–Crippen MR) is 182 cm³/mol. The van der Waals surface area contributed by atoms with Crippen LogP contribution in [0.15, 0.2) is 24.3 Å². The lowest BCUT2D eigenvalue weighted by Crippen LogP contribution is -2.28. The zero-order valence-corrected chi connectivity index (χ0v) is 28.5. The average Bonchev–Trinajstić information content (AvgIpc) is 3.01. The summed E-state index contributed by atoms with van der Waals surface area (Å²) in [4.78, 5) is 24.2. The quantitative estimate of drug-likeness (QED) is 0.0457. The van der Waals surface area contributed by atoms with E-state index in [1.54, 1.807) is 0 Å². The molecule has 0 aromatic rings. The van der Waals surface area contributed by atoms with Crippen molar-refractivity contribution in [1.29, 1.82) is 0 Å². The van der Waals surface area contributed by atoms with E-state index in [4.69, 9.17) is 9.47 Å². The van der Waals surface area contributed by atoms with Crippen molar-refractivity contribution in [3.63, 3.8) is 0 Å². The summed E-state index contributed by atoms with van der Waals surface area (Å²) in [5, 5.41) is 9.52. The summed E-state index contributed by atoms with van der Waals surface area (Å²) in [7, 11) is 0. The molecule has 0 heterocycles. The lowest BCUT2D eigenvalue weighted by Gasteiger charge is -2.15. The fourth-order valence-electron chi connectivity index (χ4n) is 5.13. The molecule has 0 saturated heterocycles. The molecule has 0 aromatic carbocycles. The average molecular weight is 607 g/mol. The van der Waals surface area contributed by atoms with Gasteiger partial charge in [-0.2, -0.15) is 0 Å². The van der Waals surface area contributed by atoms with Crippen LogP contribution >= 0.6 is 0 Å². The van der Waals surface area contributed by atoms with Gasteiger partial charge in [0, 0.05) is 12.8 Å². The minimum Gasteiger partial charge on any atom is -0.462 e.